The zero-order chi connectivity index (χ0) is 17.5. The maximum absolute atomic E-state index is 12.7. The fourth-order valence-electron chi connectivity index (χ4n) is 3.17. The number of rotatable bonds is 2. The van der Waals surface area contributed by atoms with Gasteiger partial charge >= 0.3 is 6.09 Å². The van der Waals surface area contributed by atoms with Crippen molar-refractivity contribution in [3.05, 3.63) is 17.6 Å². The predicted molar refractivity (Wildman–Crippen MR) is 88.6 cm³/mol. The van der Waals surface area contributed by atoms with E-state index in [9.17, 15) is 9.59 Å². The van der Waals surface area contributed by atoms with Gasteiger partial charge in [0.05, 0.1) is 12.6 Å². The van der Waals surface area contributed by atoms with Crippen molar-refractivity contribution in [3.63, 3.8) is 0 Å². The molecule has 2 amide bonds. The number of anilines is 1. The Morgan fingerprint density at radius 3 is 2.67 bits per heavy atom. The summed E-state index contributed by atoms with van der Waals surface area (Å²) in [6.45, 7) is 9.23. The molecule has 2 fully saturated rings. The largest absolute Gasteiger partial charge is 0.447 e. The molecule has 0 saturated carbocycles. The van der Waals surface area contributed by atoms with Gasteiger partial charge in [-0.25, -0.2) is 14.8 Å². The van der Waals surface area contributed by atoms with Crippen LogP contribution in [0.4, 0.5) is 10.6 Å². The highest BCUT2D eigenvalue weighted by Gasteiger charge is 2.37. The Morgan fingerprint density at radius 2 is 2.04 bits per heavy atom. The lowest BCUT2D eigenvalue weighted by Crippen LogP contribution is -2.39. The van der Waals surface area contributed by atoms with Gasteiger partial charge in [0.2, 0.25) is 5.91 Å². The standard InChI is InChI=1S/C17H24N4O3/c1-11-10-13(21-8-9-24-16(21)23)19-14(18-11)12-6-5-7-20(12)15(22)17(2,3)4/h10,12H,5-9H2,1-4H3. The summed E-state index contributed by atoms with van der Waals surface area (Å²) >= 11 is 0. The van der Waals surface area contributed by atoms with E-state index in [0.717, 1.165) is 25.1 Å². The zero-order valence-electron chi connectivity index (χ0n) is 14.7. The highest BCUT2D eigenvalue weighted by atomic mass is 16.6. The van der Waals surface area contributed by atoms with Gasteiger partial charge in [-0.1, -0.05) is 20.8 Å². The van der Waals surface area contributed by atoms with Gasteiger partial charge in [0.25, 0.3) is 0 Å². The van der Waals surface area contributed by atoms with Crippen molar-refractivity contribution >= 4 is 17.8 Å². The summed E-state index contributed by atoms with van der Waals surface area (Å²) in [5.74, 6) is 1.27. The van der Waals surface area contributed by atoms with Gasteiger partial charge in [-0.15, -0.1) is 0 Å². The molecule has 1 atom stereocenters. The Bertz CT molecular complexity index is 668. The van der Waals surface area contributed by atoms with E-state index in [0.29, 0.717) is 24.8 Å². The van der Waals surface area contributed by atoms with Gasteiger partial charge < -0.3 is 9.64 Å². The molecule has 0 N–H and O–H groups in total. The fraction of sp³-hybridized carbons (Fsp3) is 0.647. The predicted octanol–water partition coefficient (Wildman–Crippen LogP) is 2.45. The third-order valence-electron chi connectivity index (χ3n) is 4.35. The van der Waals surface area contributed by atoms with Gasteiger partial charge in [-0.05, 0) is 19.8 Å². The quantitative estimate of drug-likeness (QED) is 0.831. The summed E-state index contributed by atoms with van der Waals surface area (Å²) in [6, 6.07) is 1.65. The summed E-state index contributed by atoms with van der Waals surface area (Å²) in [4.78, 5) is 37.0. The van der Waals surface area contributed by atoms with Crippen molar-refractivity contribution in [2.45, 2.75) is 46.6 Å². The van der Waals surface area contributed by atoms with Crippen LogP contribution in [0.2, 0.25) is 0 Å². The topological polar surface area (TPSA) is 75.6 Å². The summed E-state index contributed by atoms with van der Waals surface area (Å²) in [5, 5.41) is 0. The molecule has 1 aromatic heterocycles. The van der Waals surface area contributed by atoms with E-state index in [-0.39, 0.29) is 18.0 Å². The van der Waals surface area contributed by atoms with Crippen LogP contribution in [0.25, 0.3) is 0 Å². The molecule has 0 radical (unpaired) electrons. The minimum absolute atomic E-state index is 0.109. The Hall–Kier alpha value is -2.18. The molecule has 3 heterocycles. The third kappa shape index (κ3) is 3.07. The summed E-state index contributed by atoms with van der Waals surface area (Å²) in [6.07, 6.45) is 1.40. The number of carbonyl (C=O) groups is 2. The molecule has 2 aliphatic heterocycles. The molecule has 7 nitrogen and oxygen atoms in total. The van der Waals surface area contributed by atoms with Gasteiger partial charge in [0.15, 0.2) is 5.82 Å². The van der Waals surface area contributed by atoms with Crippen molar-refractivity contribution in [3.8, 4) is 0 Å². The number of ether oxygens (including phenoxy) is 1. The van der Waals surface area contributed by atoms with Crippen molar-refractivity contribution in [1.82, 2.24) is 14.9 Å². The maximum Gasteiger partial charge on any atom is 0.415 e. The van der Waals surface area contributed by atoms with Gasteiger partial charge in [0.1, 0.15) is 12.4 Å². The van der Waals surface area contributed by atoms with E-state index in [2.05, 4.69) is 9.97 Å². The summed E-state index contributed by atoms with van der Waals surface area (Å²) in [5.41, 5.74) is 0.346. The normalized spacial score (nSPS) is 21.3. The second-order valence-corrected chi connectivity index (χ2v) is 7.40. The molecule has 130 valence electrons. The molecule has 7 heteroatoms. The number of aryl methyl sites for hydroxylation is 1. The number of aromatic nitrogens is 2. The van der Waals surface area contributed by atoms with E-state index in [4.69, 9.17) is 4.74 Å². The van der Waals surface area contributed by atoms with E-state index < -0.39 is 5.41 Å². The number of hydrogen-bond acceptors (Lipinski definition) is 5. The average Bonchev–Trinajstić information content (AvgIpc) is 3.13. The van der Waals surface area contributed by atoms with E-state index in [1.165, 1.54) is 4.90 Å². The fourth-order valence-corrected chi connectivity index (χ4v) is 3.17. The first-order valence-corrected chi connectivity index (χ1v) is 8.38. The Morgan fingerprint density at radius 1 is 1.29 bits per heavy atom. The minimum Gasteiger partial charge on any atom is -0.447 e. The molecule has 3 rings (SSSR count). The Balaban J connectivity index is 1.92. The van der Waals surface area contributed by atoms with Gasteiger partial charge in [-0.2, -0.15) is 0 Å². The molecule has 2 aliphatic rings. The first-order chi connectivity index (χ1) is 11.3. The molecule has 24 heavy (non-hydrogen) atoms. The number of nitrogens with zero attached hydrogens (tertiary/aromatic N) is 4. The summed E-state index contributed by atoms with van der Waals surface area (Å²) in [7, 11) is 0. The van der Waals surface area contributed by atoms with Crippen LogP contribution in [0.5, 0.6) is 0 Å². The minimum atomic E-state index is -0.437. The van der Waals surface area contributed by atoms with Gasteiger partial charge in [-0.3, -0.25) is 9.69 Å². The number of cyclic esters (lactones) is 1. The molecule has 1 unspecified atom stereocenters. The molecule has 0 aromatic carbocycles. The van der Waals surface area contributed by atoms with Crippen molar-refractivity contribution < 1.29 is 14.3 Å². The second kappa shape index (κ2) is 6.03. The lowest BCUT2D eigenvalue weighted by atomic mass is 9.94. The molecular weight excluding hydrogens is 308 g/mol. The highest BCUT2D eigenvalue weighted by molar-refractivity contribution is 5.88. The zero-order valence-corrected chi connectivity index (χ0v) is 14.7. The van der Waals surface area contributed by atoms with Crippen LogP contribution in [0.3, 0.4) is 0 Å². The van der Waals surface area contributed by atoms with Crippen LogP contribution in [-0.2, 0) is 9.53 Å². The number of carbonyl (C=O) groups excluding carboxylic acids is 2. The third-order valence-corrected chi connectivity index (χ3v) is 4.35. The monoisotopic (exact) mass is 332 g/mol. The van der Waals surface area contributed by atoms with Crippen LogP contribution in [0, 0.1) is 12.3 Å². The first-order valence-electron chi connectivity index (χ1n) is 8.38. The number of likely N-dealkylation sites (tertiary alicyclic amines) is 1. The van der Waals surface area contributed by atoms with Gasteiger partial charge in [0, 0.05) is 23.7 Å². The molecule has 0 spiro atoms. The Kier molecular flexibility index (Phi) is 4.19. The van der Waals surface area contributed by atoms with E-state index in [1.807, 2.05) is 32.6 Å². The molecule has 1 aromatic rings. The lowest BCUT2D eigenvalue weighted by Gasteiger charge is -2.30. The van der Waals surface area contributed by atoms with Crippen LogP contribution >= 0.6 is 0 Å². The second-order valence-electron chi connectivity index (χ2n) is 7.40. The van der Waals surface area contributed by atoms with Crippen LogP contribution in [0.15, 0.2) is 6.07 Å². The Labute approximate surface area is 142 Å². The number of amides is 2. The van der Waals surface area contributed by atoms with Crippen molar-refractivity contribution in [2.75, 3.05) is 24.6 Å². The first kappa shape index (κ1) is 16.7. The molecular formula is C17H24N4O3. The van der Waals surface area contributed by atoms with Crippen molar-refractivity contribution in [2.24, 2.45) is 5.41 Å². The molecule has 0 bridgehead atoms. The highest BCUT2D eigenvalue weighted by Crippen LogP contribution is 2.34. The molecule has 2 saturated heterocycles. The average molecular weight is 332 g/mol. The maximum atomic E-state index is 12.7. The SMILES string of the molecule is Cc1cc(N2CCOC2=O)nc(C2CCCN2C(=O)C(C)(C)C)n1. The number of hydrogen-bond donors (Lipinski definition) is 0. The van der Waals surface area contributed by atoms with Crippen molar-refractivity contribution in [1.29, 1.82) is 0 Å². The van der Waals surface area contributed by atoms with Crippen LogP contribution < -0.4 is 4.90 Å². The lowest BCUT2D eigenvalue weighted by molar-refractivity contribution is -0.140. The summed E-state index contributed by atoms with van der Waals surface area (Å²) < 4.78 is 4.99. The van der Waals surface area contributed by atoms with Crippen LogP contribution in [0.1, 0.15) is 51.2 Å². The molecule has 0 aliphatic carbocycles. The van der Waals surface area contributed by atoms with E-state index in [1.54, 1.807) is 6.07 Å². The smallest absolute Gasteiger partial charge is 0.415 e. The van der Waals surface area contributed by atoms with E-state index >= 15 is 0 Å². The van der Waals surface area contributed by atoms with Crippen LogP contribution in [-0.4, -0.2) is 46.6 Å².